The topological polar surface area (TPSA) is 38.0 Å². The van der Waals surface area contributed by atoms with Gasteiger partial charge in [0.15, 0.2) is 0 Å². The highest BCUT2D eigenvalue weighted by Crippen LogP contribution is 2.16. The fourth-order valence-corrected chi connectivity index (χ4v) is 1.90. The van der Waals surface area contributed by atoms with Crippen LogP contribution in [0.5, 0.6) is 0 Å². The summed E-state index contributed by atoms with van der Waals surface area (Å²) in [6.45, 7) is 6.26. The molecule has 0 radical (unpaired) electrons. The van der Waals surface area contributed by atoms with E-state index in [2.05, 4.69) is 36.5 Å². The maximum Gasteiger partial charge on any atom is 0.0167 e. The minimum atomic E-state index is 0.293. The molecule has 2 nitrogen and oxygen atoms in total. The zero-order valence-electron chi connectivity index (χ0n) is 11.2. The Balaban J connectivity index is 2.08. The fraction of sp³-hybridized carbons (Fsp3) is 0.600. The van der Waals surface area contributed by atoms with Gasteiger partial charge in [0, 0.05) is 12.6 Å². The Morgan fingerprint density at radius 2 is 2.24 bits per heavy atom. The molecule has 17 heavy (non-hydrogen) atoms. The normalized spacial score (nSPS) is 18.1. The second kappa shape index (κ2) is 8.26. The molecule has 0 spiro atoms. The Hall–Kier alpha value is -0.860. The van der Waals surface area contributed by atoms with Crippen molar-refractivity contribution in [3.8, 4) is 0 Å². The van der Waals surface area contributed by atoms with Crippen LogP contribution in [0.3, 0.4) is 0 Å². The van der Waals surface area contributed by atoms with E-state index in [4.69, 9.17) is 5.73 Å². The molecule has 3 N–H and O–H groups in total. The second-order valence-corrected chi connectivity index (χ2v) is 4.87. The Labute approximate surface area is 106 Å². The summed E-state index contributed by atoms with van der Waals surface area (Å²) in [4.78, 5) is 0. The van der Waals surface area contributed by atoms with Crippen molar-refractivity contribution in [3.63, 3.8) is 0 Å². The van der Waals surface area contributed by atoms with E-state index in [1.165, 1.54) is 24.0 Å². The molecule has 0 aromatic rings. The first kappa shape index (κ1) is 14.2. The van der Waals surface area contributed by atoms with Gasteiger partial charge in [-0.1, -0.05) is 35.5 Å². The van der Waals surface area contributed by atoms with E-state index in [0.717, 1.165) is 25.9 Å². The quantitative estimate of drug-likeness (QED) is 0.525. The first-order chi connectivity index (χ1) is 8.22. The SMILES string of the molecule is C/C=C\CC(N)CCNCC1=CC=C(C)CC1. The predicted molar refractivity (Wildman–Crippen MR) is 76.0 cm³/mol. The van der Waals surface area contributed by atoms with Crippen LogP contribution in [0, 0.1) is 0 Å². The molecular formula is C15H26N2. The van der Waals surface area contributed by atoms with Crippen LogP contribution >= 0.6 is 0 Å². The number of rotatable bonds is 7. The average Bonchev–Trinajstić information content (AvgIpc) is 2.34. The third-order valence-corrected chi connectivity index (χ3v) is 3.16. The lowest BCUT2D eigenvalue weighted by Gasteiger charge is -2.14. The van der Waals surface area contributed by atoms with Crippen LogP contribution in [0.2, 0.25) is 0 Å². The van der Waals surface area contributed by atoms with E-state index in [-0.39, 0.29) is 0 Å². The lowest BCUT2D eigenvalue weighted by Crippen LogP contribution is -2.27. The Morgan fingerprint density at radius 1 is 1.41 bits per heavy atom. The highest BCUT2D eigenvalue weighted by Gasteiger charge is 2.03. The van der Waals surface area contributed by atoms with Crippen LogP contribution in [0.25, 0.3) is 0 Å². The van der Waals surface area contributed by atoms with Crippen LogP contribution < -0.4 is 11.1 Å². The smallest absolute Gasteiger partial charge is 0.0167 e. The highest BCUT2D eigenvalue weighted by atomic mass is 14.9. The van der Waals surface area contributed by atoms with Crippen molar-refractivity contribution in [2.45, 2.75) is 45.6 Å². The van der Waals surface area contributed by atoms with E-state index >= 15 is 0 Å². The summed E-state index contributed by atoms with van der Waals surface area (Å²) in [7, 11) is 0. The van der Waals surface area contributed by atoms with Gasteiger partial charge in [0.25, 0.3) is 0 Å². The summed E-state index contributed by atoms with van der Waals surface area (Å²) in [6.07, 6.45) is 13.2. The van der Waals surface area contributed by atoms with E-state index in [1.807, 2.05) is 6.92 Å². The summed E-state index contributed by atoms with van der Waals surface area (Å²) in [6, 6.07) is 0.293. The van der Waals surface area contributed by atoms with Crippen molar-refractivity contribution in [3.05, 3.63) is 35.5 Å². The van der Waals surface area contributed by atoms with Crippen molar-refractivity contribution in [2.24, 2.45) is 5.73 Å². The average molecular weight is 234 g/mol. The van der Waals surface area contributed by atoms with Crippen molar-refractivity contribution >= 4 is 0 Å². The molecule has 1 unspecified atom stereocenters. The summed E-state index contributed by atoms with van der Waals surface area (Å²) in [5.74, 6) is 0. The molecule has 1 aliphatic rings. The summed E-state index contributed by atoms with van der Waals surface area (Å²) in [5, 5.41) is 3.48. The number of nitrogens with one attached hydrogen (secondary N) is 1. The highest BCUT2D eigenvalue weighted by molar-refractivity contribution is 5.23. The van der Waals surface area contributed by atoms with Gasteiger partial charge in [-0.25, -0.2) is 0 Å². The summed E-state index contributed by atoms with van der Waals surface area (Å²) >= 11 is 0. The molecule has 1 aliphatic carbocycles. The largest absolute Gasteiger partial charge is 0.327 e. The number of allylic oxidation sites excluding steroid dienone is 4. The van der Waals surface area contributed by atoms with Crippen LogP contribution in [0.1, 0.15) is 39.5 Å². The van der Waals surface area contributed by atoms with Crippen LogP contribution in [-0.4, -0.2) is 19.1 Å². The van der Waals surface area contributed by atoms with E-state index < -0.39 is 0 Å². The number of hydrogen-bond acceptors (Lipinski definition) is 2. The van der Waals surface area contributed by atoms with Gasteiger partial charge in [0.05, 0.1) is 0 Å². The van der Waals surface area contributed by atoms with Crippen molar-refractivity contribution < 1.29 is 0 Å². The van der Waals surface area contributed by atoms with Gasteiger partial charge in [-0.3, -0.25) is 0 Å². The molecule has 0 amide bonds. The molecule has 1 atom stereocenters. The van der Waals surface area contributed by atoms with Gasteiger partial charge in [-0.2, -0.15) is 0 Å². The zero-order chi connectivity index (χ0) is 12.5. The predicted octanol–water partition coefficient (Wildman–Crippen LogP) is 2.93. The Morgan fingerprint density at radius 3 is 2.88 bits per heavy atom. The van der Waals surface area contributed by atoms with Crippen LogP contribution in [-0.2, 0) is 0 Å². The van der Waals surface area contributed by atoms with Gasteiger partial charge in [0.1, 0.15) is 0 Å². The lowest BCUT2D eigenvalue weighted by atomic mass is 9.99. The van der Waals surface area contributed by atoms with Gasteiger partial charge >= 0.3 is 0 Å². The molecule has 0 aromatic heterocycles. The lowest BCUT2D eigenvalue weighted by molar-refractivity contribution is 0.574. The van der Waals surface area contributed by atoms with E-state index in [0.29, 0.717) is 6.04 Å². The molecule has 2 heteroatoms. The van der Waals surface area contributed by atoms with Crippen molar-refractivity contribution in [1.82, 2.24) is 5.32 Å². The molecule has 0 aromatic carbocycles. The van der Waals surface area contributed by atoms with E-state index in [9.17, 15) is 0 Å². The molecule has 0 saturated carbocycles. The number of hydrogen-bond donors (Lipinski definition) is 2. The monoisotopic (exact) mass is 234 g/mol. The van der Waals surface area contributed by atoms with Crippen LogP contribution in [0.15, 0.2) is 35.5 Å². The molecule has 0 heterocycles. The first-order valence-electron chi connectivity index (χ1n) is 6.65. The molecule has 0 saturated heterocycles. The molecular weight excluding hydrogens is 208 g/mol. The van der Waals surface area contributed by atoms with E-state index in [1.54, 1.807) is 0 Å². The standard InChI is InChI=1S/C15H26N2/c1-3-4-5-15(16)10-11-17-12-14-8-6-13(2)7-9-14/h3-4,6,8,15,17H,5,7,9-12,16H2,1-2H3/b4-3-. The van der Waals surface area contributed by atoms with Gasteiger partial charge < -0.3 is 11.1 Å². The zero-order valence-corrected chi connectivity index (χ0v) is 11.2. The summed E-state index contributed by atoms with van der Waals surface area (Å²) in [5.41, 5.74) is 8.98. The maximum absolute atomic E-state index is 5.98. The van der Waals surface area contributed by atoms with Crippen molar-refractivity contribution in [1.29, 1.82) is 0 Å². The molecule has 0 bridgehead atoms. The van der Waals surface area contributed by atoms with Crippen molar-refractivity contribution in [2.75, 3.05) is 13.1 Å². The Kier molecular flexibility index (Phi) is 6.90. The van der Waals surface area contributed by atoms with Gasteiger partial charge in [0.2, 0.25) is 0 Å². The van der Waals surface area contributed by atoms with Crippen LogP contribution in [0.4, 0.5) is 0 Å². The first-order valence-corrected chi connectivity index (χ1v) is 6.65. The Bertz CT molecular complexity index is 300. The molecule has 96 valence electrons. The third-order valence-electron chi connectivity index (χ3n) is 3.16. The van der Waals surface area contributed by atoms with Gasteiger partial charge in [-0.15, -0.1) is 0 Å². The number of nitrogens with two attached hydrogens (primary N) is 1. The fourth-order valence-electron chi connectivity index (χ4n) is 1.90. The second-order valence-electron chi connectivity index (χ2n) is 4.87. The van der Waals surface area contributed by atoms with Gasteiger partial charge in [-0.05, 0) is 46.1 Å². The molecule has 0 fully saturated rings. The third kappa shape index (κ3) is 6.44. The minimum Gasteiger partial charge on any atom is -0.327 e. The summed E-state index contributed by atoms with van der Waals surface area (Å²) < 4.78 is 0. The molecule has 0 aliphatic heterocycles. The maximum atomic E-state index is 5.98. The molecule has 1 rings (SSSR count). The minimum absolute atomic E-state index is 0.293.